The van der Waals surface area contributed by atoms with E-state index in [0.717, 1.165) is 64.5 Å². The number of nitrogens with one attached hydrogen (secondary N) is 1. The van der Waals surface area contributed by atoms with Crippen LogP contribution in [0, 0.1) is 0 Å². The Labute approximate surface area is 198 Å². The fraction of sp³-hybridized carbons (Fsp3) is 0.400. The lowest BCUT2D eigenvalue weighted by Gasteiger charge is -2.27. The molecule has 2 heterocycles. The molecule has 0 amide bonds. The Balaban J connectivity index is 1.33. The van der Waals surface area contributed by atoms with E-state index < -0.39 is 0 Å². The number of nitrogens with zero attached hydrogens (tertiary/aromatic N) is 3. The molecule has 0 aliphatic heterocycles. The molecule has 33 heavy (non-hydrogen) atoms. The molecule has 1 aromatic carbocycles. The van der Waals surface area contributed by atoms with Gasteiger partial charge in [-0.25, -0.2) is 9.97 Å². The number of hydrogen-bond acceptors (Lipinski definition) is 8. The SMILES string of the molecule is CCC(=N/C=C\COc1ccc2nc(N[C@@H]3CCCC[C@H]3O)sc2c1)c1ccc(OC)nc1. The van der Waals surface area contributed by atoms with Gasteiger partial charge in [0.05, 0.1) is 29.5 Å². The fourth-order valence-corrected chi connectivity index (χ4v) is 4.82. The number of aliphatic imine (C=N–C) groups is 1. The molecule has 174 valence electrons. The van der Waals surface area contributed by atoms with Crippen LogP contribution in [0.1, 0.15) is 44.6 Å². The second-order valence-electron chi connectivity index (χ2n) is 7.97. The lowest BCUT2D eigenvalue weighted by Crippen LogP contribution is -2.36. The average Bonchev–Trinajstić information content (AvgIpc) is 3.24. The molecular weight excluding hydrogens is 436 g/mol. The van der Waals surface area contributed by atoms with Crippen LogP contribution in [0.15, 0.2) is 53.8 Å². The normalized spacial score (nSPS) is 19.2. The van der Waals surface area contributed by atoms with E-state index >= 15 is 0 Å². The minimum Gasteiger partial charge on any atom is -0.489 e. The Morgan fingerprint density at radius 1 is 1.27 bits per heavy atom. The van der Waals surface area contributed by atoms with Crippen LogP contribution in [0.3, 0.4) is 0 Å². The molecular formula is C25H30N4O3S. The number of aromatic nitrogens is 2. The van der Waals surface area contributed by atoms with Crippen molar-refractivity contribution in [1.29, 1.82) is 0 Å². The number of benzene rings is 1. The molecule has 2 atom stereocenters. The number of anilines is 1. The predicted molar refractivity (Wildman–Crippen MR) is 134 cm³/mol. The zero-order chi connectivity index (χ0) is 23.0. The number of rotatable bonds is 9. The minimum atomic E-state index is -0.298. The van der Waals surface area contributed by atoms with Crippen LogP contribution < -0.4 is 14.8 Å². The summed E-state index contributed by atoms with van der Waals surface area (Å²) in [6.07, 6.45) is 10.0. The van der Waals surface area contributed by atoms with Gasteiger partial charge in [-0.1, -0.05) is 31.1 Å². The third-order valence-corrected chi connectivity index (χ3v) is 6.64. The third kappa shape index (κ3) is 6.09. The number of pyridine rings is 1. The van der Waals surface area contributed by atoms with Crippen molar-refractivity contribution >= 4 is 32.4 Å². The van der Waals surface area contributed by atoms with E-state index in [1.54, 1.807) is 30.8 Å². The summed E-state index contributed by atoms with van der Waals surface area (Å²) in [7, 11) is 1.60. The Bertz CT molecular complexity index is 1110. The first kappa shape index (κ1) is 23.2. The van der Waals surface area contributed by atoms with Crippen LogP contribution in [-0.2, 0) is 0 Å². The molecule has 0 radical (unpaired) electrons. The summed E-state index contributed by atoms with van der Waals surface area (Å²) >= 11 is 1.59. The Morgan fingerprint density at radius 2 is 2.15 bits per heavy atom. The Kier molecular flexibility index (Phi) is 7.91. The van der Waals surface area contributed by atoms with E-state index in [2.05, 4.69) is 27.2 Å². The standard InChI is InChI=1S/C25H30N4O3S/c1-3-19(17-9-12-24(31-2)27-16-17)26-13-6-14-32-18-10-11-21-23(15-18)33-25(29-21)28-20-7-4-5-8-22(20)30/h6,9-13,15-16,20,22,30H,3-5,7-8,14H2,1-2H3,(H,28,29)/b13-6-,26-19?/t20-,22-/m1/s1. The average molecular weight is 467 g/mol. The van der Waals surface area contributed by atoms with Gasteiger partial charge in [0, 0.05) is 29.7 Å². The van der Waals surface area contributed by atoms with Crippen LogP contribution in [0.5, 0.6) is 11.6 Å². The van der Waals surface area contributed by atoms with Gasteiger partial charge in [0.25, 0.3) is 0 Å². The summed E-state index contributed by atoms with van der Waals surface area (Å²) in [6.45, 7) is 2.49. The van der Waals surface area contributed by atoms with Gasteiger partial charge in [0.1, 0.15) is 12.4 Å². The second kappa shape index (κ2) is 11.2. The van der Waals surface area contributed by atoms with Gasteiger partial charge in [-0.15, -0.1) is 0 Å². The molecule has 1 saturated carbocycles. The first-order chi connectivity index (χ1) is 16.2. The molecule has 1 aliphatic rings. The summed E-state index contributed by atoms with van der Waals surface area (Å²) in [4.78, 5) is 13.4. The van der Waals surface area contributed by atoms with Crippen LogP contribution in [0.2, 0.25) is 0 Å². The number of ether oxygens (including phenoxy) is 2. The van der Waals surface area contributed by atoms with Crippen LogP contribution in [0.25, 0.3) is 10.2 Å². The molecule has 1 fully saturated rings. The largest absolute Gasteiger partial charge is 0.489 e. The number of thiazole rings is 1. The monoisotopic (exact) mass is 466 g/mol. The second-order valence-corrected chi connectivity index (χ2v) is 9.00. The zero-order valence-corrected chi connectivity index (χ0v) is 19.8. The molecule has 0 bridgehead atoms. The van der Waals surface area contributed by atoms with Crippen LogP contribution in [-0.4, -0.2) is 46.6 Å². The Morgan fingerprint density at radius 3 is 2.91 bits per heavy atom. The quantitative estimate of drug-likeness (QED) is 0.421. The molecule has 3 aromatic rings. The fourth-order valence-electron chi connectivity index (χ4n) is 3.87. The molecule has 2 aromatic heterocycles. The van der Waals surface area contributed by atoms with Crippen LogP contribution >= 0.6 is 11.3 Å². The summed E-state index contributed by atoms with van der Waals surface area (Å²) in [6, 6.07) is 9.79. The first-order valence-electron chi connectivity index (χ1n) is 11.4. The minimum absolute atomic E-state index is 0.0856. The zero-order valence-electron chi connectivity index (χ0n) is 19.0. The topological polar surface area (TPSA) is 88.9 Å². The smallest absolute Gasteiger partial charge is 0.212 e. The summed E-state index contributed by atoms with van der Waals surface area (Å²) < 4.78 is 12.0. The van der Waals surface area contributed by atoms with Crippen molar-refractivity contribution in [3.05, 3.63) is 54.4 Å². The lowest BCUT2D eigenvalue weighted by atomic mass is 9.93. The predicted octanol–water partition coefficient (Wildman–Crippen LogP) is 5.21. The van der Waals surface area contributed by atoms with E-state index in [1.807, 2.05) is 36.4 Å². The van der Waals surface area contributed by atoms with Crippen molar-refractivity contribution in [2.45, 2.75) is 51.2 Å². The number of fused-ring (bicyclic) bond motifs is 1. The van der Waals surface area contributed by atoms with Crippen LogP contribution in [0.4, 0.5) is 5.13 Å². The van der Waals surface area contributed by atoms with E-state index in [1.165, 1.54) is 0 Å². The first-order valence-corrected chi connectivity index (χ1v) is 12.2. The molecule has 0 saturated heterocycles. The van der Waals surface area contributed by atoms with Crippen molar-refractivity contribution in [3.8, 4) is 11.6 Å². The number of aliphatic hydroxyl groups is 1. The van der Waals surface area contributed by atoms with E-state index in [9.17, 15) is 5.11 Å². The molecule has 1 aliphatic carbocycles. The van der Waals surface area contributed by atoms with Gasteiger partial charge in [-0.05, 0) is 49.6 Å². The van der Waals surface area contributed by atoms with Crippen molar-refractivity contribution in [2.24, 2.45) is 4.99 Å². The molecule has 2 N–H and O–H groups in total. The highest BCUT2D eigenvalue weighted by Crippen LogP contribution is 2.31. The van der Waals surface area contributed by atoms with Gasteiger partial charge in [0.2, 0.25) is 5.88 Å². The molecule has 8 heteroatoms. The molecule has 0 unspecified atom stereocenters. The van der Waals surface area contributed by atoms with Gasteiger partial charge in [-0.2, -0.15) is 0 Å². The highest BCUT2D eigenvalue weighted by molar-refractivity contribution is 7.22. The number of hydrogen-bond donors (Lipinski definition) is 2. The summed E-state index contributed by atoms with van der Waals surface area (Å²) in [5.41, 5.74) is 2.86. The summed E-state index contributed by atoms with van der Waals surface area (Å²) in [5.74, 6) is 1.38. The van der Waals surface area contributed by atoms with Crippen molar-refractivity contribution in [2.75, 3.05) is 19.0 Å². The van der Waals surface area contributed by atoms with Gasteiger partial charge in [-0.3, -0.25) is 4.99 Å². The van der Waals surface area contributed by atoms with E-state index in [4.69, 9.17) is 9.47 Å². The molecule has 4 rings (SSSR count). The summed E-state index contributed by atoms with van der Waals surface area (Å²) in [5, 5.41) is 14.5. The van der Waals surface area contributed by atoms with Crippen molar-refractivity contribution < 1.29 is 14.6 Å². The van der Waals surface area contributed by atoms with E-state index in [-0.39, 0.29) is 12.1 Å². The maximum atomic E-state index is 10.2. The highest BCUT2D eigenvalue weighted by atomic mass is 32.1. The number of aliphatic hydroxyl groups excluding tert-OH is 1. The third-order valence-electron chi connectivity index (χ3n) is 5.69. The van der Waals surface area contributed by atoms with Gasteiger partial charge in [0.15, 0.2) is 5.13 Å². The number of methoxy groups -OCH3 is 1. The maximum Gasteiger partial charge on any atom is 0.212 e. The lowest BCUT2D eigenvalue weighted by molar-refractivity contribution is 0.116. The molecule has 0 spiro atoms. The maximum absolute atomic E-state index is 10.2. The van der Waals surface area contributed by atoms with E-state index in [0.29, 0.717) is 12.5 Å². The van der Waals surface area contributed by atoms with Gasteiger partial charge < -0.3 is 19.9 Å². The van der Waals surface area contributed by atoms with Gasteiger partial charge >= 0.3 is 0 Å². The Hall–Kier alpha value is -2.97. The molecule has 7 nitrogen and oxygen atoms in total. The van der Waals surface area contributed by atoms with Crippen molar-refractivity contribution in [3.63, 3.8) is 0 Å². The highest BCUT2D eigenvalue weighted by Gasteiger charge is 2.23. The van der Waals surface area contributed by atoms with Crippen molar-refractivity contribution in [1.82, 2.24) is 9.97 Å².